The van der Waals surface area contributed by atoms with Gasteiger partial charge in [0.05, 0.1) is 11.9 Å². The number of imidazole rings is 1. The molecule has 1 aromatic rings. The molecule has 0 aliphatic heterocycles. The number of thioether (sulfide) groups is 2. The second kappa shape index (κ2) is 10.6. The molecule has 1 aromatic heterocycles. The Morgan fingerprint density at radius 3 is 2.73 bits per heavy atom. The van der Waals surface area contributed by atoms with Crippen molar-refractivity contribution in [2.24, 2.45) is 7.05 Å². The first-order valence-corrected chi connectivity index (χ1v) is 10.2. The molecule has 0 aromatic carbocycles. The number of allylic oxidation sites excluding steroid dienone is 4. The predicted molar refractivity (Wildman–Crippen MR) is 107 cm³/mol. The molecule has 144 valence electrons. The predicted octanol–water partition coefficient (Wildman–Crippen LogP) is 4.62. The summed E-state index contributed by atoms with van der Waals surface area (Å²) in [5.41, 5.74) is 1.22. The molecule has 0 saturated carbocycles. The number of halogens is 2. The molecular formula is C18H25F2N3OS2. The number of hydrogen-bond acceptors (Lipinski definition) is 4. The largest absolute Gasteiger partial charge is 0.318 e. The first-order valence-electron chi connectivity index (χ1n) is 8.04. The highest BCUT2D eigenvalue weighted by Crippen LogP contribution is 2.23. The van der Waals surface area contributed by atoms with Crippen LogP contribution in [0.2, 0.25) is 0 Å². The summed E-state index contributed by atoms with van der Waals surface area (Å²) >= 11 is 2.66. The minimum Gasteiger partial charge on any atom is -0.318 e. The van der Waals surface area contributed by atoms with Gasteiger partial charge in [-0.05, 0) is 13.0 Å². The van der Waals surface area contributed by atoms with Crippen LogP contribution in [0.15, 0.2) is 47.9 Å². The molecule has 0 N–H and O–H groups in total. The quantitative estimate of drug-likeness (QED) is 0.326. The highest BCUT2D eigenvalue weighted by molar-refractivity contribution is 8.02. The summed E-state index contributed by atoms with van der Waals surface area (Å²) in [4.78, 5) is 18.5. The summed E-state index contributed by atoms with van der Waals surface area (Å²) in [6.45, 7) is 6.40. The van der Waals surface area contributed by atoms with Crippen LogP contribution < -0.4 is 0 Å². The number of amides is 1. The summed E-state index contributed by atoms with van der Waals surface area (Å²) < 4.78 is 27.3. The standard InChI is InChI=1S/C18H25F2N3OS2/c1-6-8-9-14(7-2)22(4)16(24)15-12-21-17(23(15)5)26-11-10-25-13-18(3,19)20/h6-9,12H,1,10-11,13H2,2-5H3/b9-8-,14-7+. The molecule has 0 unspecified atom stereocenters. The van der Waals surface area contributed by atoms with Crippen molar-refractivity contribution in [3.63, 3.8) is 0 Å². The van der Waals surface area contributed by atoms with Crippen molar-refractivity contribution >= 4 is 29.4 Å². The van der Waals surface area contributed by atoms with Gasteiger partial charge in [-0.15, -0.1) is 0 Å². The number of rotatable bonds is 10. The molecule has 1 heterocycles. The number of likely N-dealkylation sites (N-methyl/N-ethyl adjacent to an activating group) is 1. The fraction of sp³-hybridized carbons (Fsp3) is 0.444. The van der Waals surface area contributed by atoms with Crippen LogP contribution in [0.5, 0.6) is 0 Å². The number of aromatic nitrogens is 2. The lowest BCUT2D eigenvalue weighted by molar-refractivity contribution is 0.0492. The van der Waals surface area contributed by atoms with Crippen molar-refractivity contribution < 1.29 is 13.6 Å². The lowest BCUT2D eigenvalue weighted by atomic mass is 10.3. The minimum absolute atomic E-state index is 0.173. The number of nitrogens with zero attached hydrogens (tertiary/aromatic N) is 3. The van der Waals surface area contributed by atoms with Gasteiger partial charge >= 0.3 is 0 Å². The molecule has 0 saturated heterocycles. The van der Waals surface area contributed by atoms with E-state index in [1.165, 1.54) is 23.5 Å². The van der Waals surface area contributed by atoms with E-state index >= 15 is 0 Å². The van der Waals surface area contributed by atoms with E-state index in [1.54, 1.807) is 48.0 Å². The fourth-order valence-electron chi connectivity index (χ4n) is 2.03. The molecule has 1 rings (SSSR count). The maximum Gasteiger partial charge on any atom is 0.276 e. The van der Waals surface area contributed by atoms with E-state index in [0.717, 1.165) is 12.6 Å². The first-order chi connectivity index (χ1) is 12.2. The van der Waals surface area contributed by atoms with Crippen LogP contribution in [0.4, 0.5) is 8.78 Å². The maximum absolute atomic E-state index is 12.8. The lowest BCUT2D eigenvalue weighted by Gasteiger charge is -2.18. The summed E-state index contributed by atoms with van der Waals surface area (Å²) in [5, 5.41) is 0.689. The van der Waals surface area contributed by atoms with E-state index < -0.39 is 5.92 Å². The smallest absolute Gasteiger partial charge is 0.276 e. The topological polar surface area (TPSA) is 38.1 Å². The van der Waals surface area contributed by atoms with Crippen molar-refractivity contribution in [3.05, 3.63) is 48.5 Å². The Hall–Kier alpha value is -1.54. The van der Waals surface area contributed by atoms with Gasteiger partial charge in [0.15, 0.2) is 5.16 Å². The van der Waals surface area contributed by atoms with Gasteiger partial charge in [-0.3, -0.25) is 4.79 Å². The van der Waals surface area contributed by atoms with Crippen molar-refractivity contribution in [1.29, 1.82) is 0 Å². The van der Waals surface area contributed by atoms with Crippen molar-refractivity contribution in [2.45, 2.75) is 24.9 Å². The SMILES string of the molecule is C=C/C=C\C(=C/C)N(C)C(=O)c1cnc(SCCSCC(C)(F)F)n1C. The molecule has 0 fully saturated rings. The van der Waals surface area contributed by atoms with E-state index in [4.69, 9.17) is 0 Å². The molecule has 0 aliphatic carbocycles. The van der Waals surface area contributed by atoms with Crippen molar-refractivity contribution in [2.75, 3.05) is 24.3 Å². The van der Waals surface area contributed by atoms with Gasteiger partial charge in [-0.2, -0.15) is 11.8 Å². The second-order valence-electron chi connectivity index (χ2n) is 5.63. The summed E-state index contributed by atoms with van der Waals surface area (Å²) in [6, 6.07) is 0. The van der Waals surface area contributed by atoms with Crippen LogP contribution >= 0.6 is 23.5 Å². The van der Waals surface area contributed by atoms with Crippen LogP contribution in [-0.2, 0) is 7.05 Å². The Morgan fingerprint density at radius 1 is 1.46 bits per heavy atom. The molecule has 8 heteroatoms. The van der Waals surface area contributed by atoms with Gasteiger partial charge < -0.3 is 9.47 Å². The third kappa shape index (κ3) is 6.99. The first kappa shape index (κ1) is 22.5. The van der Waals surface area contributed by atoms with Crippen molar-refractivity contribution in [1.82, 2.24) is 14.5 Å². The van der Waals surface area contributed by atoms with E-state index in [9.17, 15) is 13.6 Å². The van der Waals surface area contributed by atoms with Gasteiger partial charge in [0.25, 0.3) is 11.8 Å². The van der Waals surface area contributed by atoms with Crippen LogP contribution in [0.25, 0.3) is 0 Å². The summed E-state index contributed by atoms with van der Waals surface area (Å²) in [7, 11) is 3.48. The summed E-state index contributed by atoms with van der Waals surface area (Å²) in [5.74, 6) is -1.76. The van der Waals surface area contributed by atoms with Gasteiger partial charge in [-0.1, -0.05) is 36.6 Å². The molecule has 0 spiro atoms. The Kier molecular flexibility index (Phi) is 9.15. The molecular weight excluding hydrogens is 376 g/mol. The monoisotopic (exact) mass is 401 g/mol. The van der Waals surface area contributed by atoms with E-state index in [0.29, 0.717) is 22.4 Å². The third-order valence-corrected chi connectivity index (χ3v) is 5.88. The molecule has 0 aliphatic rings. The van der Waals surface area contributed by atoms with Gasteiger partial charge in [0.1, 0.15) is 5.69 Å². The number of alkyl halides is 2. The zero-order chi connectivity index (χ0) is 19.7. The Balaban J connectivity index is 2.68. The highest BCUT2D eigenvalue weighted by atomic mass is 32.2. The average molecular weight is 402 g/mol. The summed E-state index contributed by atoms with van der Waals surface area (Å²) in [6.07, 6.45) is 8.59. The minimum atomic E-state index is -2.65. The van der Waals surface area contributed by atoms with Crippen LogP contribution in [0, 0.1) is 0 Å². The number of carbonyl (C=O) groups is 1. The lowest BCUT2D eigenvalue weighted by Crippen LogP contribution is -2.27. The van der Waals surface area contributed by atoms with Crippen LogP contribution in [0.3, 0.4) is 0 Å². The van der Waals surface area contributed by atoms with E-state index in [1.807, 2.05) is 13.0 Å². The Labute approximate surface area is 162 Å². The molecule has 0 atom stereocenters. The third-order valence-electron chi connectivity index (χ3n) is 3.37. The number of hydrogen-bond donors (Lipinski definition) is 0. The highest BCUT2D eigenvalue weighted by Gasteiger charge is 2.21. The van der Waals surface area contributed by atoms with Crippen molar-refractivity contribution in [3.8, 4) is 0 Å². The van der Waals surface area contributed by atoms with E-state index in [2.05, 4.69) is 11.6 Å². The van der Waals surface area contributed by atoms with Crippen LogP contribution in [0.1, 0.15) is 24.3 Å². The normalized spacial score (nSPS) is 12.6. The Morgan fingerprint density at radius 2 is 2.15 bits per heavy atom. The average Bonchev–Trinajstić information content (AvgIpc) is 2.94. The zero-order valence-corrected chi connectivity index (χ0v) is 17.2. The number of carbonyl (C=O) groups excluding carboxylic acids is 1. The maximum atomic E-state index is 12.8. The zero-order valence-electron chi connectivity index (χ0n) is 15.5. The van der Waals surface area contributed by atoms with Gasteiger partial charge in [0.2, 0.25) is 0 Å². The Bertz CT molecular complexity index is 678. The molecule has 1 amide bonds. The fourth-order valence-corrected chi connectivity index (χ4v) is 3.94. The van der Waals surface area contributed by atoms with E-state index in [-0.39, 0.29) is 11.7 Å². The molecule has 0 radical (unpaired) electrons. The molecule has 4 nitrogen and oxygen atoms in total. The molecule has 26 heavy (non-hydrogen) atoms. The van der Waals surface area contributed by atoms with Gasteiger partial charge in [-0.25, -0.2) is 13.8 Å². The molecule has 0 bridgehead atoms. The van der Waals surface area contributed by atoms with Crippen LogP contribution in [-0.4, -0.2) is 50.6 Å². The second-order valence-corrected chi connectivity index (χ2v) is 7.80. The van der Waals surface area contributed by atoms with Gasteiger partial charge in [0, 0.05) is 38.2 Å².